The van der Waals surface area contributed by atoms with E-state index in [4.69, 9.17) is 39.4 Å². The number of carbonyl (C=O) groups is 2. The van der Waals surface area contributed by atoms with E-state index in [1.165, 1.54) is 14.2 Å². The molecule has 7 aromatic rings. The van der Waals surface area contributed by atoms with Crippen LogP contribution in [-0.4, -0.2) is 66.0 Å². The molecule has 5 heterocycles. The molecule has 8 bridgehead atoms. The molecule has 2 aliphatic rings. The second-order valence-corrected chi connectivity index (χ2v) is 11.2. The first-order chi connectivity index (χ1) is 23.5. The van der Waals surface area contributed by atoms with Crippen molar-refractivity contribution in [1.29, 1.82) is 0 Å². The number of rotatable bonds is 2. The number of benzene rings is 4. The monoisotopic (exact) mass is 630 g/mol. The zero-order chi connectivity index (χ0) is 32.5. The maximum absolute atomic E-state index is 12.9. The second kappa shape index (κ2) is 10.4. The van der Waals surface area contributed by atoms with Crippen LogP contribution in [0.4, 0.5) is 0 Å². The third-order valence-electron chi connectivity index (χ3n) is 8.50. The highest BCUT2D eigenvalue weighted by atomic mass is 16.5. The van der Waals surface area contributed by atoms with Crippen LogP contribution in [0.25, 0.3) is 89.7 Å². The van der Waals surface area contributed by atoms with Crippen LogP contribution in [0.5, 0.6) is 0 Å². The molecular weight excluding hydrogens is 608 g/mol. The van der Waals surface area contributed by atoms with Crippen molar-refractivity contribution in [3.05, 3.63) is 96.1 Å². The van der Waals surface area contributed by atoms with E-state index in [-0.39, 0.29) is 11.1 Å². The summed E-state index contributed by atoms with van der Waals surface area (Å²) in [4.78, 5) is 62.2. The van der Waals surface area contributed by atoms with Gasteiger partial charge in [-0.1, -0.05) is 72.8 Å². The lowest BCUT2D eigenvalue weighted by Crippen LogP contribution is -2.11. The van der Waals surface area contributed by atoms with Gasteiger partial charge in [0.05, 0.1) is 25.3 Å². The Hall–Kier alpha value is -6.82. The highest BCUT2D eigenvalue weighted by Crippen LogP contribution is 2.37. The number of nitrogens with one attached hydrogen (secondary N) is 2. The summed E-state index contributed by atoms with van der Waals surface area (Å²) in [6.45, 7) is 0. The molecule has 2 N–H and O–H groups in total. The molecule has 230 valence electrons. The number of H-pyrrole nitrogens is 2. The Bertz CT molecular complexity index is 2530. The van der Waals surface area contributed by atoms with Gasteiger partial charge in [0.25, 0.3) is 0 Å². The Morgan fingerprint density at radius 3 is 1.10 bits per heavy atom. The molecule has 0 aliphatic carbocycles. The van der Waals surface area contributed by atoms with Crippen LogP contribution >= 0.6 is 0 Å². The van der Waals surface area contributed by atoms with E-state index in [1.54, 1.807) is 12.1 Å². The van der Waals surface area contributed by atoms with Gasteiger partial charge in [-0.3, -0.25) is 0 Å². The highest BCUT2D eigenvalue weighted by molar-refractivity contribution is 6.13. The van der Waals surface area contributed by atoms with Gasteiger partial charge < -0.3 is 19.4 Å². The predicted molar refractivity (Wildman–Crippen MR) is 179 cm³/mol. The van der Waals surface area contributed by atoms with Crippen molar-refractivity contribution in [2.24, 2.45) is 0 Å². The Balaban J connectivity index is 1.49. The van der Waals surface area contributed by atoms with Gasteiger partial charge in [-0.15, -0.1) is 0 Å². The van der Waals surface area contributed by atoms with Crippen molar-refractivity contribution >= 4 is 56.1 Å². The third kappa shape index (κ3) is 4.09. The van der Waals surface area contributed by atoms with Gasteiger partial charge in [-0.25, -0.2) is 39.5 Å². The van der Waals surface area contributed by atoms with Crippen LogP contribution in [0.3, 0.4) is 0 Å². The predicted octanol–water partition coefficient (Wildman–Crippen LogP) is 6.44. The minimum atomic E-state index is -0.702. The molecule has 9 rings (SSSR count). The zero-order valence-electron chi connectivity index (χ0n) is 25.4. The molecule has 0 amide bonds. The molecule has 12 heteroatoms. The van der Waals surface area contributed by atoms with Crippen molar-refractivity contribution in [2.45, 2.75) is 0 Å². The first-order valence-electron chi connectivity index (χ1n) is 15.0. The average molecular weight is 631 g/mol. The van der Waals surface area contributed by atoms with E-state index in [0.29, 0.717) is 56.7 Å². The third-order valence-corrected chi connectivity index (χ3v) is 8.50. The summed E-state index contributed by atoms with van der Waals surface area (Å²) < 4.78 is 10.0. The SMILES string of the molecule is COC(=O)c1cc2c3nc4nc(nc5[nH]c(nc6nc(nc([nH]3)c2cc1C(=O)OC)-c1ccccc1-6)c1ccccc51)-c1ccccc1-4. The van der Waals surface area contributed by atoms with E-state index >= 15 is 0 Å². The lowest BCUT2D eigenvalue weighted by molar-refractivity contribution is 0.0555. The van der Waals surface area contributed by atoms with Gasteiger partial charge in [0.15, 0.2) is 23.3 Å². The van der Waals surface area contributed by atoms with Crippen LogP contribution in [0.1, 0.15) is 20.7 Å². The lowest BCUT2D eigenvalue weighted by atomic mass is 10.0. The largest absolute Gasteiger partial charge is 0.465 e. The summed E-state index contributed by atoms with van der Waals surface area (Å²) >= 11 is 0. The summed E-state index contributed by atoms with van der Waals surface area (Å²) in [5, 5.41) is 2.78. The molecule has 0 spiro atoms. The number of ether oxygens (including phenoxy) is 2. The topological polar surface area (TPSA) is 162 Å². The average Bonchev–Trinajstić information content (AvgIpc) is 3.86. The van der Waals surface area contributed by atoms with Crippen LogP contribution in [0.15, 0.2) is 84.9 Å². The van der Waals surface area contributed by atoms with Crippen molar-refractivity contribution in [3.63, 3.8) is 0 Å². The Labute approximate surface area is 270 Å². The first kappa shape index (κ1) is 27.5. The maximum Gasteiger partial charge on any atom is 0.338 e. The van der Waals surface area contributed by atoms with Crippen LogP contribution in [0.2, 0.25) is 0 Å². The van der Waals surface area contributed by atoms with Crippen LogP contribution in [-0.2, 0) is 9.47 Å². The smallest absolute Gasteiger partial charge is 0.338 e. The highest BCUT2D eigenvalue weighted by Gasteiger charge is 2.25. The normalized spacial score (nSPS) is 11.7. The van der Waals surface area contributed by atoms with E-state index in [0.717, 1.165) is 33.0 Å². The molecule has 0 atom stereocenters. The van der Waals surface area contributed by atoms with Gasteiger partial charge in [-0.05, 0) is 12.1 Å². The van der Waals surface area contributed by atoms with Crippen molar-refractivity contribution in [1.82, 2.24) is 39.9 Å². The molecule has 48 heavy (non-hydrogen) atoms. The molecule has 0 saturated carbocycles. The fourth-order valence-corrected chi connectivity index (χ4v) is 6.24. The molecule has 0 radical (unpaired) electrons. The molecule has 3 aromatic heterocycles. The number of hydrogen-bond acceptors (Lipinski definition) is 10. The first-order valence-corrected chi connectivity index (χ1v) is 15.0. The quantitative estimate of drug-likeness (QED) is 0.203. The maximum atomic E-state index is 12.9. The molecule has 0 fully saturated rings. The Morgan fingerprint density at radius 1 is 0.458 bits per heavy atom. The zero-order valence-corrected chi connectivity index (χ0v) is 25.4. The minimum Gasteiger partial charge on any atom is -0.465 e. The number of methoxy groups -OCH3 is 2. The number of carbonyl (C=O) groups excluding carboxylic acids is 2. The molecule has 0 unspecified atom stereocenters. The Morgan fingerprint density at radius 2 is 0.771 bits per heavy atom. The Kier molecular flexibility index (Phi) is 5.93. The minimum absolute atomic E-state index is 0.0212. The number of hydrogen-bond donors (Lipinski definition) is 2. The lowest BCUT2D eigenvalue weighted by Gasteiger charge is -2.06. The molecule has 2 aliphatic heterocycles. The van der Waals surface area contributed by atoms with Gasteiger partial charge in [0, 0.05) is 43.8 Å². The molecule has 4 aromatic carbocycles. The summed E-state index contributed by atoms with van der Waals surface area (Å²) in [7, 11) is 2.50. The summed E-state index contributed by atoms with van der Waals surface area (Å²) in [6, 6.07) is 26.4. The van der Waals surface area contributed by atoms with Crippen molar-refractivity contribution in [3.8, 4) is 45.6 Å². The fraction of sp³-hybridized carbons (Fsp3) is 0.0556. The number of esters is 2. The number of aromatic amines is 2. The molecular formula is C36H22N8O4. The van der Waals surface area contributed by atoms with Crippen LogP contribution in [0, 0.1) is 0 Å². The van der Waals surface area contributed by atoms with E-state index in [9.17, 15) is 9.59 Å². The van der Waals surface area contributed by atoms with Gasteiger partial charge in [0.1, 0.15) is 22.6 Å². The summed E-state index contributed by atoms with van der Waals surface area (Å²) in [5.74, 6) is 0.347. The number of nitrogens with zero attached hydrogens (tertiary/aromatic N) is 6. The standard InChI is InChI=1S/C36H22N8O4/c1-47-35(45)25-15-23-24(16-26(25)36(46)48-2)34-43-32-22-14-8-6-12-20(22)30(41-32)39-28-18-10-4-3-9-17(18)27(37-28)38-29-19-11-5-7-13-21(19)31(40-29)42-33(23)44-34/h3-16H,1-2H3,(H2,37,38,39,40,41,42,43,44). The molecule has 12 nitrogen and oxygen atoms in total. The van der Waals surface area contributed by atoms with E-state index in [2.05, 4.69) is 9.97 Å². The summed E-state index contributed by atoms with van der Waals surface area (Å²) in [5.41, 5.74) is 5.10. The van der Waals surface area contributed by atoms with Gasteiger partial charge in [0.2, 0.25) is 0 Å². The number of fused-ring (bicyclic) bond motifs is 20. The van der Waals surface area contributed by atoms with Gasteiger partial charge in [-0.2, -0.15) is 0 Å². The van der Waals surface area contributed by atoms with Gasteiger partial charge >= 0.3 is 11.9 Å². The fourth-order valence-electron chi connectivity index (χ4n) is 6.24. The number of aromatic nitrogens is 8. The second-order valence-electron chi connectivity index (χ2n) is 11.2. The van der Waals surface area contributed by atoms with Crippen molar-refractivity contribution < 1.29 is 19.1 Å². The van der Waals surface area contributed by atoms with Crippen molar-refractivity contribution in [2.75, 3.05) is 14.2 Å². The van der Waals surface area contributed by atoms with E-state index < -0.39 is 11.9 Å². The molecule has 0 saturated heterocycles. The summed E-state index contributed by atoms with van der Waals surface area (Å²) in [6.07, 6.45) is 0. The van der Waals surface area contributed by atoms with Crippen LogP contribution < -0.4 is 0 Å². The van der Waals surface area contributed by atoms with E-state index in [1.807, 2.05) is 72.8 Å².